The van der Waals surface area contributed by atoms with Gasteiger partial charge in [0.1, 0.15) is 0 Å². The maximum atomic E-state index is 3.46. The Hall–Kier alpha value is 0.783. The zero-order chi connectivity index (χ0) is 9.54. The first kappa shape index (κ1) is 17.8. The Kier molecular flexibility index (Phi) is 7.73. The molecule has 0 fully saturated rings. The van der Waals surface area contributed by atoms with E-state index >= 15 is 0 Å². The summed E-state index contributed by atoms with van der Waals surface area (Å²) in [5.74, 6) is 0. The van der Waals surface area contributed by atoms with E-state index in [9.17, 15) is 0 Å². The van der Waals surface area contributed by atoms with Gasteiger partial charge in [0.25, 0.3) is 0 Å². The molecule has 0 atom stereocenters. The molecule has 0 N–H and O–H groups in total. The predicted octanol–water partition coefficient (Wildman–Crippen LogP) is -2.50. The third-order valence-electron chi connectivity index (χ3n) is 2.81. The minimum Gasteiger partial charge on any atom is -1.00 e. The van der Waals surface area contributed by atoms with Crippen LogP contribution >= 0.6 is 0 Å². The number of hydrogen-bond acceptors (Lipinski definition) is 0. The van der Waals surface area contributed by atoms with Gasteiger partial charge in [-0.3, -0.25) is 0 Å². The van der Waals surface area contributed by atoms with E-state index < -0.39 is 0 Å². The summed E-state index contributed by atoms with van der Waals surface area (Å²) in [5.41, 5.74) is 4.07. The van der Waals surface area contributed by atoms with Gasteiger partial charge >= 0.3 is 26.2 Å². The zero-order valence-corrected chi connectivity index (χ0v) is 16.2. The molecule has 3 heteroatoms. The van der Waals surface area contributed by atoms with Gasteiger partial charge in [-0.05, 0) is 0 Å². The quantitative estimate of drug-likeness (QED) is 0.264. The Bertz CT molecular complexity index is 547. The average molecular weight is 524 g/mol. The monoisotopic (exact) mass is 523 g/mol. The smallest absolute Gasteiger partial charge is 1.00 e. The van der Waals surface area contributed by atoms with E-state index in [-0.39, 0.29) is 74.2 Å². The van der Waals surface area contributed by atoms with Crippen LogP contribution in [-0.4, -0.2) is 0 Å². The van der Waals surface area contributed by atoms with E-state index in [0.29, 0.717) is 0 Å². The number of benzene rings is 2. The predicted molar refractivity (Wildman–Crippen MR) is 59.2 cm³/mol. The summed E-state index contributed by atoms with van der Waals surface area (Å²) in [6.07, 6.45) is 4.53. The van der Waals surface area contributed by atoms with E-state index in [1.807, 2.05) is 0 Å². The van der Waals surface area contributed by atoms with Crippen LogP contribution in [0.15, 0.2) is 42.0 Å². The Labute approximate surface area is 155 Å². The molecule has 0 saturated carbocycles. The summed E-state index contributed by atoms with van der Waals surface area (Å²) >= 11 is 0. The van der Waals surface area contributed by atoms with E-state index in [0.717, 1.165) is 6.42 Å². The van der Waals surface area contributed by atoms with Crippen LogP contribution in [-0.2, 0) is 32.6 Å². The second-order valence-electron chi connectivity index (χ2n) is 3.90. The average Bonchev–Trinajstić information content (AvgIpc) is 2.59. The second kappa shape index (κ2) is 7.39. The molecular weight excluding hydrogens is 513 g/mol. The molecule has 0 heterocycles. The summed E-state index contributed by atoms with van der Waals surface area (Å²) in [6.45, 7) is 2.15. The normalized spacial score (nSPS) is 11.7. The molecule has 0 aliphatic heterocycles. The van der Waals surface area contributed by atoms with Gasteiger partial charge < -0.3 is 48.0 Å². The van der Waals surface area contributed by atoms with Crippen molar-refractivity contribution < 1.29 is 74.2 Å². The van der Waals surface area contributed by atoms with Crippen molar-refractivity contribution in [2.45, 2.75) is 13.3 Å². The van der Waals surface area contributed by atoms with Gasteiger partial charge in [-0.15, -0.1) is 28.7 Å². The van der Waals surface area contributed by atoms with Gasteiger partial charge in [0.2, 0.25) is 0 Å². The van der Waals surface area contributed by atoms with Crippen LogP contribution in [0.25, 0.3) is 10.8 Å². The van der Waals surface area contributed by atoms with Gasteiger partial charge in [-0.25, -0.2) is 0 Å². The topological polar surface area (TPSA) is 0 Å². The van der Waals surface area contributed by atoms with Crippen molar-refractivity contribution in [3.63, 3.8) is 0 Å². The molecule has 2 aromatic rings. The summed E-state index contributed by atoms with van der Waals surface area (Å²) in [4.78, 5) is 0. The molecule has 2 aromatic carbocycles. The van der Waals surface area contributed by atoms with Gasteiger partial charge in [0.15, 0.2) is 0 Å². The molecule has 0 bridgehead atoms. The second-order valence-corrected chi connectivity index (χ2v) is 3.90. The van der Waals surface area contributed by atoms with Crippen molar-refractivity contribution in [2.75, 3.05) is 0 Å². The molecule has 0 saturated heterocycles. The molecular formula is C14H11I2Zr. The Morgan fingerprint density at radius 3 is 2.47 bits per heavy atom. The van der Waals surface area contributed by atoms with E-state index in [4.69, 9.17) is 0 Å². The SMILES string of the molecule is CC1=[C-]c2c(ccc3ccccc23)C1.[I-].[I-].[Zr+3]. The molecule has 1 radical (unpaired) electrons. The van der Waals surface area contributed by atoms with Crippen molar-refractivity contribution in [3.8, 4) is 0 Å². The van der Waals surface area contributed by atoms with E-state index in [2.05, 4.69) is 49.4 Å². The number of fused-ring (bicyclic) bond motifs is 3. The fourth-order valence-corrected chi connectivity index (χ4v) is 2.15. The van der Waals surface area contributed by atoms with Crippen molar-refractivity contribution in [2.24, 2.45) is 0 Å². The van der Waals surface area contributed by atoms with Crippen LogP contribution in [0.4, 0.5) is 0 Å². The Balaban J connectivity index is 0.000000853. The summed E-state index contributed by atoms with van der Waals surface area (Å²) in [5, 5.41) is 2.65. The summed E-state index contributed by atoms with van der Waals surface area (Å²) < 4.78 is 0. The first-order valence-electron chi connectivity index (χ1n) is 4.95. The van der Waals surface area contributed by atoms with E-state index in [1.165, 1.54) is 27.5 Å². The number of allylic oxidation sites excluding steroid dienone is 1. The molecule has 0 amide bonds. The van der Waals surface area contributed by atoms with Crippen LogP contribution in [0, 0.1) is 6.08 Å². The fraction of sp³-hybridized carbons (Fsp3) is 0.143. The third kappa shape index (κ3) is 3.41. The van der Waals surface area contributed by atoms with Gasteiger partial charge in [0.05, 0.1) is 0 Å². The molecule has 0 spiro atoms. The first-order chi connectivity index (χ1) is 6.84. The van der Waals surface area contributed by atoms with Crippen LogP contribution in [0.2, 0.25) is 0 Å². The van der Waals surface area contributed by atoms with Gasteiger partial charge in [0, 0.05) is 0 Å². The van der Waals surface area contributed by atoms with Crippen molar-refractivity contribution in [3.05, 3.63) is 59.2 Å². The van der Waals surface area contributed by atoms with Crippen LogP contribution < -0.4 is 48.0 Å². The molecule has 85 valence electrons. The van der Waals surface area contributed by atoms with Gasteiger partial charge in [-0.1, -0.05) is 43.0 Å². The van der Waals surface area contributed by atoms with Crippen molar-refractivity contribution in [1.29, 1.82) is 0 Å². The first-order valence-corrected chi connectivity index (χ1v) is 4.95. The molecule has 0 unspecified atom stereocenters. The van der Waals surface area contributed by atoms with Crippen LogP contribution in [0.3, 0.4) is 0 Å². The fourth-order valence-electron chi connectivity index (χ4n) is 2.15. The van der Waals surface area contributed by atoms with E-state index in [1.54, 1.807) is 0 Å². The molecule has 0 nitrogen and oxygen atoms in total. The third-order valence-corrected chi connectivity index (χ3v) is 2.81. The van der Waals surface area contributed by atoms with Crippen LogP contribution in [0.5, 0.6) is 0 Å². The molecule has 1 aliphatic carbocycles. The standard InChI is InChI=1S/C14H11.2HI.Zr/c1-10-8-12-7-6-11-4-2-3-5-13(11)14(12)9-10;;;/h2-7H,8H2,1H3;2*1H;/q-1;;;+3/p-2. The number of hydrogen-bond donors (Lipinski definition) is 0. The molecule has 3 rings (SSSR count). The molecule has 0 aromatic heterocycles. The van der Waals surface area contributed by atoms with Crippen molar-refractivity contribution >= 4 is 10.8 Å². The summed E-state index contributed by atoms with van der Waals surface area (Å²) in [7, 11) is 0. The summed E-state index contributed by atoms with van der Waals surface area (Å²) in [6, 6.07) is 12.9. The number of rotatable bonds is 0. The van der Waals surface area contributed by atoms with Gasteiger partial charge in [-0.2, -0.15) is 11.6 Å². The number of halogens is 2. The Morgan fingerprint density at radius 1 is 1.00 bits per heavy atom. The molecule has 17 heavy (non-hydrogen) atoms. The van der Waals surface area contributed by atoms with Crippen LogP contribution in [0.1, 0.15) is 18.1 Å². The maximum absolute atomic E-state index is 3.46. The zero-order valence-electron chi connectivity index (χ0n) is 9.43. The minimum atomic E-state index is 0. The minimum absolute atomic E-state index is 0. The Morgan fingerprint density at radius 2 is 1.71 bits per heavy atom. The molecule has 1 aliphatic rings. The van der Waals surface area contributed by atoms with Crippen molar-refractivity contribution in [1.82, 2.24) is 0 Å². The largest absolute Gasteiger partial charge is 3.00 e. The maximum Gasteiger partial charge on any atom is 3.00 e.